The minimum absolute atomic E-state index is 0.117. The zero-order valence-corrected chi connectivity index (χ0v) is 20.1. The second kappa shape index (κ2) is 9.55. The summed E-state index contributed by atoms with van der Waals surface area (Å²) in [7, 11) is 2.79. The number of methoxy groups -OCH3 is 2. The van der Waals surface area contributed by atoms with Crippen molar-refractivity contribution in [3.05, 3.63) is 86.4 Å². The van der Waals surface area contributed by atoms with Crippen LogP contribution in [0.3, 0.4) is 0 Å². The van der Waals surface area contributed by atoms with Gasteiger partial charge in [0.2, 0.25) is 0 Å². The summed E-state index contributed by atoms with van der Waals surface area (Å²) in [6, 6.07) is 17.5. The van der Waals surface area contributed by atoms with Crippen molar-refractivity contribution in [2.75, 3.05) is 19.1 Å². The summed E-state index contributed by atoms with van der Waals surface area (Å²) < 4.78 is 12.2. The van der Waals surface area contributed by atoms with Gasteiger partial charge in [-0.05, 0) is 23.8 Å². The van der Waals surface area contributed by atoms with E-state index in [1.807, 2.05) is 48.5 Å². The molecule has 0 aliphatic carbocycles. The Kier molecular flexibility index (Phi) is 6.57. The van der Waals surface area contributed by atoms with Crippen molar-refractivity contribution < 1.29 is 19.2 Å². The van der Waals surface area contributed by atoms with Crippen LogP contribution in [0.5, 0.6) is 11.5 Å². The maximum atomic E-state index is 13.8. The Balaban J connectivity index is 1.86. The molecule has 4 rings (SSSR count). The number of benzene rings is 3. The molecule has 0 aliphatic heterocycles. The summed E-state index contributed by atoms with van der Waals surface area (Å²) >= 11 is 4.78. The van der Waals surface area contributed by atoms with Crippen LogP contribution in [0.15, 0.2) is 65.1 Å². The second-order valence-corrected chi connectivity index (χ2v) is 8.89. The first kappa shape index (κ1) is 22.7. The number of amides is 1. The topological polar surface area (TPSA) is 94.8 Å². The van der Waals surface area contributed by atoms with Gasteiger partial charge >= 0.3 is 0 Å². The summed E-state index contributed by atoms with van der Waals surface area (Å²) in [5.74, 6) is -0.177. The molecule has 0 fully saturated rings. The van der Waals surface area contributed by atoms with Crippen molar-refractivity contribution in [1.82, 2.24) is 4.98 Å². The molecule has 3 aromatic carbocycles. The van der Waals surface area contributed by atoms with Crippen LogP contribution >= 0.6 is 27.3 Å². The zero-order valence-electron chi connectivity index (χ0n) is 17.6. The Hall–Kier alpha value is -3.50. The fourth-order valence-corrected chi connectivity index (χ4v) is 4.85. The Morgan fingerprint density at radius 3 is 2.45 bits per heavy atom. The van der Waals surface area contributed by atoms with Gasteiger partial charge in [-0.3, -0.25) is 19.8 Å². The van der Waals surface area contributed by atoms with Crippen LogP contribution in [0.4, 0.5) is 10.8 Å². The first-order valence-corrected chi connectivity index (χ1v) is 11.3. The van der Waals surface area contributed by atoms with Crippen molar-refractivity contribution in [2.24, 2.45) is 0 Å². The Bertz CT molecular complexity index is 1340. The molecule has 33 heavy (non-hydrogen) atoms. The van der Waals surface area contributed by atoms with Gasteiger partial charge in [0.15, 0.2) is 16.6 Å². The third kappa shape index (κ3) is 4.67. The van der Waals surface area contributed by atoms with Crippen LogP contribution in [0, 0.1) is 10.1 Å². The molecule has 0 unspecified atom stereocenters. The second-order valence-electron chi connectivity index (χ2n) is 6.97. The molecular weight excluding hydrogens is 510 g/mol. The number of aromatic nitrogens is 1. The smallest absolute Gasteiger partial charge is 0.286 e. The van der Waals surface area contributed by atoms with Crippen molar-refractivity contribution in [3.63, 3.8) is 0 Å². The predicted molar refractivity (Wildman–Crippen MR) is 130 cm³/mol. The van der Waals surface area contributed by atoms with E-state index in [0.29, 0.717) is 5.13 Å². The van der Waals surface area contributed by atoms with Crippen LogP contribution < -0.4 is 14.4 Å². The van der Waals surface area contributed by atoms with Crippen LogP contribution in [0.1, 0.15) is 15.9 Å². The SMILES string of the molecule is COc1cc(C(=O)N(Cc2ccccc2)c2nc3ccc(Br)cc3s2)c([N+](=O)[O-])cc1OC. The summed E-state index contributed by atoms with van der Waals surface area (Å²) in [4.78, 5) is 31.0. The molecule has 1 aromatic heterocycles. The molecule has 0 saturated carbocycles. The molecule has 4 aromatic rings. The van der Waals surface area contributed by atoms with Crippen LogP contribution in [-0.4, -0.2) is 30.0 Å². The predicted octanol–water partition coefficient (Wildman–Crippen LogP) is 5.83. The minimum Gasteiger partial charge on any atom is -0.493 e. The van der Waals surface area contributed by atoms with Gasteiger partial charge in [-0.1, -0.05) is 57.6 Å². The van der Waals surface area contributed by atoms with Crippen molar-refractivity contribution in [1.29, 1.82) is 0 Å². The quantitative estimate of drug-likeness (QED) is 0.221. The molecule has 0 aliphatic rings. The molecule has 168 valence electrons. The van der Waals surface area contributed by atoms with Crippen molar-refractivity contribution in [2.45, 2.75) is 6.54 Å². The first-order valence-electron chi connectivity index (χ1n) is 9.73. The van der Waals surface area contributed by atoms with Gasteiger partial charge in [-0.25, -0.2) is 4.98 Å². The number of fused-ring (bicyclic) bond motifs is 1. The molecule has 0 saturated heterocycles. The number of hydrogen-bond acceptors (Lipinski definition) is 7. The molecule has 10 heteroatoms. The summed E-state index contributed by atoms with van der Waals surface area (Å²) in [5.41, 5.74) is 1.09. The van der Waals surface area contributed by atoms with Crippen LogP contribution in [-0.2, 0) is 6.54 Å². The van der Waals surface area contributed by atoms with Gasteiger partial charge in [-0.15, -0.1) is 0 Å². The fraction of sp³-hybridized carbons (Fsp3) is 0.130. The number of halogens is 1. The van der Waals surface area contributed by atoms with Gasteiger partial charge in [0.1, 0.15) is 5.56 Å². The molecule has 8 nitrogen and oxygen atoms in total. The molecule has 0 N–H and O–H groups in total. The monoisotopic (exact) mass is 527 g/mol. The molecular formula is C23H18BrN3O5S. The van der Waals surface area contributed by atoms with Crippen molar-refractivity contribution >= 4 is 54.2 Å². The van der Waals surface area contributed by atoms with Gasteiger partial charge in [-0.2, -0.15) is 0 Å². The van der Waals surface area contributed by atoms with Crippen LogP contribution in [0.2, 0.25) is 0 Å². The average molecular weight is 528 g/mol. The number of carbonyl (C=O) groups excluding carboxylic acids is 1. The number of nitro benzene ring substituents is 1. The van der Waals surface area contributed by atoms with E-state index in [0.717, 1.165) is 20.3 Å². The molecule has 1 heterocycles. The lowest BCUT2D eigenvalue weighted by Gasteiger charge is -2.21. The van der Waals surface area contributed by atoms with Crippen molar-refractivity contribution in [3.8, 4) is 11.5 Å². The van der Waals surface area contributed by atoms with E-state index < -0.39 is 10.8 Å². The molecule has 0 radical (unpaired) electrons. The van der Waals surface area contributed by atoms with E-state index >= 15 is 0 Å². The lowest BCUT2D eigenvalue weighted by atomic mass is 10.1. The molecule has 0 bridgehead atoms. The third-order valence-corrected chi connectivity index (χ3v) is 6.46. The van der Waals surface area contributed by atoms with Crippen LogP contribution in [0.25, 0.3) is 10.2 Å². The van der Waals surface area contributed by atoms with E-state index in [4.69, 9.17) is 9.47 Å². The normalized spacial score (nSPS) is 10.8. The highest BCUT2D eigenvalue weighted by Crippen LogP contribution is 2.37. The summed E-state index contributed by atoms with van der Waals surface area (Å²) in [6.45, 7) is 0.187. The number of anilines is 1. The van der Waals surface area contributed by atoms with E-state index in [-0.39, 0.29) is 29.3 Å². The third-order valence-electron chi connectivity index (χ3n) is 4.93. The Labute approximate surface area is 201 Å². The zero-order chi connectivity index (χ0) is 23.5. The highest BCUT2D eigenvalue weighted by atomic mass is 79.9. The number of ether oxygens (including phenoxy) is 2. The van der Waals surface area contributed by atoms with E-state index in [1.165, 1.54) is 42.6 Å². The maximum Gasteiger partial charge on any atom is 0.286 e. The number of hydrogen-bond donors (Lipinski definition) is 0. The lowest BCUT2D eigenvalue weighted by molar-refractivity contribution is -0.385. The first-order chi connectivity index (χ1) is 15.9. The standard InChI is InChI=1S/C23H18BrN3O5S/c1-31-19-11-16(18(27(29)30)12-20(19)32-2)22(28)26(13-14-6-4-3-5-7-14)23-25-17-9-8-15(24)10-21(17)33-23/h3-12H,13H2,1-2H3. The summed E-state index contributed by atoms with van der Waals surface area (Å²) in [5, 5.41) is 12.2. The molecule has 0 spiro atoms. The lowest BCUT2D eigenvalue weighted by Crippen LogP contribution is -2.31. The highest BCUT2D eigenvalue weighted by molar-refractivity contribution is 9.10. The van der Waals surface area contributed by atoms with E-state index in [9.17, 15) is 14.9 Å². The summed E-state index contributed by atoms with van der Waals surface area (Å²) in [6.07, 6.45) is 0. The van der Waals surface area contributed by atoms with Gasteiger partial charge in [0, 0.05) is 10.5 Å². The average Bonchev–Trinajstić information content (AvgIpc) is 3.24. The number of carbonyl (C=O) groups is 1. The number of nitro groups is 1. The maximum absolute atomic E-state index is 13.8. The number of thiazole rings is 1. The Morgan fingerprint density at radius 2 is 1.79 bits per heavy atom. The number of rotatable bonds is 7. The Morgan fingerprint density at radius 1 is 1.09 bits per heavy atom. The van der Waals surface area contributed by atoms with Gasteiger partial charge < -0.3 is 9.47 Å². The van der Waals surface area contributed by atoms with E-state index in [1.54, 1.807) is 0 Å². The minimum atomic E-state index is -0.606. The number of nitrogens with zero attached hydrogens (tertiary/aromatic N) is 3. The van der Waals surface area contributed by atoms with Gasteiger partial charge in [0.25, 0.3) is 11.6 Å². The molecule has 0 atom stereocenters. The largest absolute Gasteiger partial charge is 0.493 e. The van der Waals surface area contributed by atoms with E-state index in [2.05, 4.69) is 20.9 Å². The fourth-order valence-electron chi connectivity index (χ4n) is 3.33. The highest BCUT2D eigenvalue weighted by Gasteiger charge is 2.30. The molecule has 1 amide bonds. The van der Waals surface area contributed by atoms with Gasteiger partial charge in [0.05, 0.1) is 42.0 Å².